The summed E-state index contributed by atoms with van der Waals surface area (Å²) >= 11 is 0. The lowest BCUT2D eigenvalue weighted by atomic mass is 10.1. The summed E-state index contributed by atoms with van der Waals surface area (Å²) in [6.07, 6.45) is 1.08. The van der Waals surface area contributed by atoms with Crippen LogP contribution < -0.4 is 15.6 Å². The lowest BCUT2D eigenvalue weighted by molar-refractivity contribution is -0.123. The Morgan fingerprint density at radius 2 is 1.54 bits per heavy atom. The zero-order chi connectivity index (χ0) is 19.3. The highest BCUT2D eigenvalue weighted by Gasteiger charge is 2.11. The number of aryl methyl sites for hydroxylation is 2. The Morgan fingerprint density at radius 3 is 2.08 bits per heavy atom. The number of carbonyl (C=O) groups excluding carboxylic acids is 2. The molecule has 2 amide bonds. The fraction of sp³-hybridized carbons (Fsp3) is 0.222. The number of hydrogen-bond acceptors (Lipinski definition) is 5. The van der Waals surface area contributed by atoms with E-state index < -0.39 is 21.7 Å². The van der Waals surface area contributed by atoms with E-state index >= 15 is 0 Å². The highest BCUT2D eigenvalue weighted by atomic mass is 32.2. The van der Waals surface area contributed by atoms with E-state index in [1.807, 2.05) is 32.0 Å². The van der Waals surface area contributed by atoms with Crippen molar-refractivity contribution in [1.82, 2.24) is 10.9 Å². The molecule has 0 aliphatic carbocycles. The molecule has 0 atom stereocenters. The van der Waals surface area contributed by atoms with Gasteiger partial charge in [-0.2, -0.15) is 0 Å². The van der Waals surface area contributed by atoms with Gasteiger partial charge in [-0.1, -0.05) is 18.2 Å². The Labute approximate surface area is 152 Å². The summed E-state index contributed by atoms with van der Waals surface area (Å²) in [7, 11) is -3.33. The summed E-state index contributed by atoms with van der Waals surface area (Å²) in [5, 5.41) is 0. The molecule has 0 saturated carbocycles. The van der Waals surface area contributed by atoms with Crippen LogP contribution in [0.3, 0.4) is 0 Å². The number of para-hydroxylation sites is 1. The van der Waals surface area contributed by atoms with Crippen LogP contribution in [-0.4, -0.2) is 33.1 Å². The van der Waals surface area contributed by atoms with Crippen molar-refractivity contribution in [3.05, 3.63) is 59.2 Å². The third-order valence-corrected chi connectivity index (χ3v) is 4.74. The number of hydrogen-bond donors (Lipinski definition) is 2. The minimum absolute atomic E-state index is 0.111. The van der Waals surface area contributed by atoms with Crippen molar-refractivity contribution in [2.45, 2.75) is 18.7 Å². The van der Waals surface area contributed by atoms with E-state index in [9.17, 15) is 18.0 Å². The van der Waals surface area contributed by atoms with Crippen LogP contribution in [0.2, 0.25) is 0 Å². The molecule has 0 bridgehead atoms. The summed E-state index contributed by atoms with van der Waals surface area (Å²) in [5.74, 6) is -0.454. The molecule has 2 aromatic carbocycles. The Hall–Kier alpha value is -2.87. The van der Waals surface area contributed by atoms with Gasteiger partial charge < -0.3 is 4.74 Å². The average Bonchev–Trinajstić information content (AvgIpc) is 2.58. The molecular formula is C18H20N2O5S. The van der Waals surface area contributed by atoms with Gasteiger partial charge in [0.05, 0.1) is 4.90 Å². The number of nitrogens with one attached hydrogen (secondary N) is 2. The van der Waals surface area contributed by atoms with Crippen LogP contribution in [0.5, 0.6) is 5.75 Å². The second-order valence-electron chi connectivity index (χ2n) is 5.81. The van der Waals surface area contributed by atoms with Crippen molar-refractivity contribution < 1.29 is 22.7 Å². The van der Waals surface area contributed by atoms with Crippen LogP contribution in [0.1, 0.15) is 21.5 Å². The van der Waals surface area contributed by atoms with Crippen molar-refractivity contribution in [3.63, 3.8) is 0 Å². The van der Waals surface area contributed by atoms with E-state index in [-0.39, 0.29) is 17.1 Å². The van der Waals surface area contributed by atoms with E-state index in [0.29, 0.717) is 5.75 Å². The molecule has 0 aromatic heterocycles. The first kappa shape index (κ1) is 19.5. The number of ether oxygens (including phenoxy) is 1. The maximum atomic E-state index is 12.0. The largest absolute Gasteiger partial charge is 0.483 e. The Bertz CT molecular complexity index is 901. The normalized spacial score (nSPS) is 10.9. The molecule has 138 valence electrons. The van der Waals surface area contributed by atoms with Gasteiger partial charge >= 0.3 is 0 Å². The summed E-state index contributed by atoms with van der Waals surface area (Å²) in [6.45, 7) is 3.50. The maximum absolute atomic E-state index is 12.0. The van der Waals surface area contributed by atoms with E-state index in [2.05, 4.69) is 10.9 Å². The molecule has 2 aromatic rings. The minimum Gasteiger partial charge on any atom is -0.483 e. The Kier molecular flexibility index (Phi) is 5.99. The van der Waals surface area contributed by atoms with E-state index in [4.69, 9.17) is 4.74 Å². The summed E-state index contributed by atoms with van der Waals surface area (Å²) in [6, 6.07) is 11.0. The second kappa shape index (κ2) is 8.01. The molecule has 0 spiro atoms. The smallest absolute Gasteiger partial charge is 0.276 e. The predicted octanol–water partition coefficient (Wildman–Crippen LogP) is 1.55. The molecule has 0 unspecified atom stereocenters. The van der Waals surface area contributed by atoms with Gasteiger partial charge in [-0.15, -0.1) is 0 Å². The van der Waals surface area contributed by atoms with Crippen molar-refractivity contribution in [2.24, 2.45) is 0 Å². The average molecular weight is 376 g/mol. The topological polar surface area (TPSA) is 102 Å². The van der Waals surface area contributed by atoms with Crippen molar-refractivity contribution in [2.75, 3.05) is 12.9 Å². The van der Waals surface area contributed by atoms with Crippen LogP contribution in [0, 0.1) is 13.8 Å². The third-order valence-electron chi connectivity index (χ3n) is 3.62. The van der Waals surface area contributed by atoms with E-state index in [0.717, 1.165) is 17.4 Å². The van der Waals surface area contributed by atoms with Gasteiger partial charge in [0.2, 0.25) is 0 Å². The molecule has 8 heteroatoms. The highest BCUT2D eigenvalue weighted by Crippen LogP contribution is 2.21. The highest BCUT2D eigenvalue weighted by molar-refractivity contribution is 7.90. The zero-order valence-corrected chi connectivity index (χ0v) is 15.5. The standard InChI is InChI=1S/C18H20N2O5S/c1-12-5-4-6-13(2)17(12)25-11-16(21)19-20-18(22)14-7-9-15(10-8-14)26(3,23)24/h4-10H,11H2,1-3H3,(H,19,21)(H,20,22). The van der Waals surface area contributed by atoms with Crippen LogP contribution in [0.15, 0.2) is 47.4 Å². The molecule has 2 rings (SSSR count). The van der Waals surface area contributed by atoms with Crippen LogP contribution >= 0.6 is 0 Å². The lowest BCUT2D eigenvalue weighted by Gasteiger charge is -2.12. The molecule has 2 N–H and O–H groups in total. The first-order chi connectivity index (χ1) is 12.2. The van der Waals surface area contributed by atoms with Gasteiger partial charge in [-0.25, -0.2) is 8.42 Å². The maximum Gasteiger partial charge on any atom is 0.276 e. The van der Waals surface area contributed by atoms with E-state index in [1.54, 1.807) is 0 Å². The van der Waals surface area contributed by atoms with Gasteiger partial charge in [0.25, 0.3) is 11.8 Å². The van der Waals surface area contributed by atoms with Gasteiger partial charge in [-0.05, 0) is 49.2 Å². The third kappa shape index (κ3) is 5.06. The van der Waals surface area contributed by atoms with Crippen LogP contribution in [-0.2, 0) is 14.6 Å². The molecule has 26 heavy (non-hydrogen) atoms. The lowest BCUT2D eigenvalue weighted by Crippen LogP contribution is -2.43. The van der Waals surface area contributed by atoms with Gasteiger partial charge in [0.15, 0.2) is 16.4 Å². The van der Waals surface area contributed by atoms with Crippen molar-refractivity contribution in [1.29, 1.82) is 0 Å². The van der Waals surface area contributed by atoms with Gasteiger partial charge in [0, 0.05) is 11.8 Å². The fourth-order valence-electron chi connectivity index (χ4n) is 2.25. The predicted molar refractivity (Wildman–Crippen MR) is 96.6 cm³/mol. The monoisotopic (exact) mass is 376 g/mol. The summed E-state index contributed by atoms with van der Waals surface area (Å²) in [5.41, 5.74) is 6.54. The zero-order valence-electron chi connectivity index (χ0n) is 14.7. The number of benzene rings is 2. The molecule has 0 saturated heterocycles. The summed E-state index contributed by atoms with van der Waals surface area (Å²) < 4.78 is 28.3. The Morgan fingerprint density at radius 1 is 0.962 bits per heavy atom. The van der Waals surface area contributed by atoms with E-state index in [1.165, 1.54) is 24.3 Å². The molecule has 0 heterocycles. The quantitative estimate of drug-likeness (QED) is 0.771. The van der Waals surface area contributed by atoms with Crippen molar-refractivity contribution in [3.8, 4) is 5.75 Å². The number of carbonyl (C=O) groups is 2. The van der Waals surface area contributed by atoms with Gasteiger partial charge in [0.1, 0.15) is 5.75 Å². The molecule has 7 nitrogen and oxygen atoms in total. The van der Waals surface area contributed by atoms with Gasteiger partial charge in [-0.3, -0.25) is 20.4 Å². The Balaban J connectivity index is 1.88. The number of sulfone groups is 1. The van der Waals surface area contributed by atoms with Crippen LogP contribution in [0.4, 0.5) is 0 Å². The molecule has 0 aliphatic rings. The minimum atomic E-state index is -3.33. The number of hydrazine groups is 1. The summed E-state index contributed by atoms with van der Waals surface area (Å²) in [4.78, 5) is 23.9. The van der Waals surface area contributed by atoms with Crippen molar-refractivity contribution >= 4 is 21.7 Å². The molecular weight excluding hydrogens is 356 g/mol. The number of amides is 2. The SMILES string of the molecule is Cc1cccc(C)c1OCC(=O)NNC(=O)c1ccc(S(C)(=O)=O)cc1. The molecule has 0 aliphatic heterocycles. The second-order valence-corrected chi connectivity index (χ2v) is 7.82. The fourth-order valence-corrected chi connectivity index (χ4v) is 2.88. The first-order valence-electron chi connectivity index (χ1n) is 7.77. The first-order valence-corrected chi connectivity index (χ1v) is 9.66. The number of rotatable bonds is 5. The molecule has 0 fully saturated rings. The van der Waals surface area contributed by atoms with Crippen LogP contribution in [0.25, 0.3) is 0 Å². The molecule has 0 radical (unpaired) electrons.